The van der Waals surface area contributed by atoms with Crippen molar-refractivity contribution >= 4 is 0 Å². The van der Waals surface area contributed by atoms with Crippen LogP contribution in [-0.2, 0) is 6.42 Å². The van der Waals surface area contributed by atoms with E-state index >= 15 is 0 Å². The fraction of sp³-hybridized carbons (Fsp3) is 0.625. The maximum Gasteiger partial charge on any atom is 0.0481 e. The molecule has 100 valence electrons. The molecule has 0 spiro atoms. The quantitative estimate of drug-likeness (QED) is 0.859. The highest BCUT2D eigenvalue weighted by Gasteiger charge is 2.35. The van der Waals surface area contributed by atoms with Gasteiger partial charge in [0.1, 0.15) is 0 Å². The summed E-state index contributed by atoms with van der Waals surface area (Å²) in [7, 11) is 2.09. The van der Waals surface area contributed by atoms with E-state index in [1.165, 1.54) is 24.0 Å². The molecule has 1 aliphatic rings. The van der Waals surface area contributed by atoms with E-state index in [1.54, 1.807) is 0 Å². The van der Waals surface area contributed by atoms with Gasteiger partial charge < -0.3 is 5.32 Å². The predicted molar refractivity (Wildman–Crippen MR) is 77.9 cm³/mol. The molecule has 0 saturated heterocycles. The third-order valence-electron chi connectivity index (χ3n) is 4.46. The first-order valence-corrected chi connectivity index (χ1v) is 7.23. The zero-order valence-electron chi connectivity index (χ0n) is 12.1. The van der Waals surface area contributed by atoms with Crippen LogP contribution in [0.15, 0.2) is 24.3 Å². The molecule has 2 rings (SSSR count). The van der Waals surface area contributed by atoms with Crippen LogP contribution >= 0.6 is 0 Å². The van der Waals surface area contributed by atoms with Crippen molar-refractivity contribution in [2.24, 2.45) is 0 Å². The lowest BCUT2D eigenvalue weighted by Crippen LogP contribution is -2.46. The van der Waals surface area contributed by atoms with Crippen LogP contribution in [0.25, 0.3) is 0 Å². The highest BCUT2D eigenvalue weighted by molar-refractivity contribution is 5.37. The van der Waals surface area contributed by atoms with Crippen molar-refractivity contribution in [1.29, 1.82) is 0 Å². The molecular formula is C16H26N2. The normalized spacial score (nSPS) is 24.3. The number of likely N-dealkylation sites (N-methyl/N-ethyl adjacent to an activating group) is 2. The SMILES string of the molecule is CCC(C)N(CC)C1Cc2ccccc2C1NC. The number of nitrogens with one attached hydrogen (secondary N) is 1. The van der Waals surface area contributed by atoms with E-state index in [4.69, 9.17) is 0 Å². The lowest BCUT2D eigenvalue weighted by Gasteiger charge is -2.36. The molecule has 0 bridgehead atoms. The minimum atomic E-state index is 0.482. The Balaban J connectivity index is 2.26. The van der Waals surface area contributed by atoms with Crippen LogP contribution in [0.5, 0.6) is 0 Å². The van der Waals surface area contributed by atoms with E-state index in [0.717, 1.165) is 6.54 Å². The summed E-state index contributed by atoms with van der Waals surface area (Å²) in [6.07, 6.45) is 2.40. The number of fused-ring (bicyclic) bond motifs is 1. The van der Waals surface area contributed by atoms with Crippen molar-refractivity contribution in [3.63, 3.8) is 0 Å². The molecule has 18 heavy (non-hydrogen) atoms. The van der Waals surface area contributed by atoms with Gasteiger partial charge in [-0.1, -0.05) is 38.1 Å². The first kappa shape index (κ1) is 13.6. The average Bonchev–Trinajstić information content (AvgIpc) is 2.77. The Bertz CT molecular complexity index is 388. The molecule has 1 aromatic carbocycles. The molecule has 0 aromatic heterocycles. The number of rotatable bonds is 5. The smallest absolute Gasteiger partial charge is 0.0481 e. The summed E-state index contributed by atoms with van der Waals surface area (Å²) in [4.78, 5) is 2.65. The van der Waals surface area contributed by atoms with Gasteiger partial charge in [-0.05, 0) is 44.5 Å². The molecule has 1 aliphatic carbocycles. The summed E-state index contributed by atoms with van der Waals surface area (Å²) < 4.78 is 0. The maximum absolute atomic E-state index is 3.52. The standard InChI is InChI=1S/C16H26N2/c1-5-12(3)18(6-2)15-11-13-9-7-8-10-14(13)16(15)17-4/h7-10,12,15-17H,5-6,11H2,1-4H3. The number of hydrogen-bond donors (Lipinski definition) is 1. The lowest BCUT2D eigenvalue weighted by molar-refractivity contribution is 0.126. The Hall–Kier alpha value is -0.860. The minimum Gasteiger partial charge on any atom is -0.312 e. The van der Waals surface area contributed by atoms with Crippen LogP contribution in [0.3, 0.4) is 0 Å². The summed E-state index contributed by atoms with van der Waals surface area (Å²) in [5, 5.41) is 3.52. The highest BCUT2D eigenvalue weighted by Crippen LogP contribution is 2.35. The Labute approximate surface area is 111 Å². The summed E-state index contributed by atoms with van der Waals surface area (Å²) in [5.74, 6) is 0. The van der Waals surface area contributed by atoms with E-state index in [-0.39, 0.29) is 0 Å². The van der Waals surface area contributed by atoms with Crippen molar-refractivity contribution in [1.82, 2.24) is 10.2 Å². The minimum absolute atomic E-state index is 0.482. The first-order chi connectivity index (χ1) is 8.72. The zero-order chi connectivity index (χ0) is 13.1. The Kier molecular flexibility index (Phi) is 4.41. The molecule has 1 N–H and O–H groups in total. The second-order valence-electron chi connectivity index (χ2n) is 5.32. The zero-order valence-corrected chi connectivity index (χ0v) is 12.1. The molecule has 0 aliphatic heterocycles. The van der Waals surface area contributed by atoms with Gasteiger partial charge in [-0.2, -0.15) is 0 Å². The monoisotopic (exact) mass is 246 g/mol. The van der Waals surface area contributed by atoms with Crippen molar-refractivity contribution in [2.45, 2.75) is 51.7 Å². The van der Waals surface area contributed by atoms with E-state index in [1.807, 2.05) is 0 Å². The summed E-state index contributed by atoms with van der Waals surface area (Å²) in [5.41, 5.74) is 3.01. The van der Waals surface area contributed by atoms with E-state index in [2.05, 4.69) is 62.3 Å². The van der Waals surface area contributed by atoms with Gasteiger partial charge in [-0.3, -0.25) is 4.90 Å². The Morgan fingerprint density at radius 2 is 2.06 bits per heavy atom. The average molecular weight is 246 g/mol. The molecule has 3 unspecified atom stereocenters. The van der Waals surface area contributed by atoms with Gasteiger partial charge >= 0.3 is 0 Å². The largest absolute Gasteiger partial charge is 0.312 e. The van der Waals surface area contributed by atoms with E-state index in [0.29, 0.717) is 18.1 Å². The Morgan fingerprint density at radius 3 is 2.67 bits per heavy atom. The molecule has 0 amide bonds. The summed E-state index contributed by atoms with van der Waals surface area (Å²) in [6.45, 7) is 8.04. The van der Waals surface area contributed by atoms with Crippen LogP contribution in [0.1, 0.15) is 44.4 Å². The lowest BCUT2D eigenvalue weighted by atomic mass is 10.0. The van der Waals surface area contributed by atoms with Gasteiger partial charge in [0.15, 0.2) is 0 Å². The second-order valence-corrected chi connectivity index (χ2v) is 5.32. The molecule has 3 atom stereocenters. The molecule has 0 fully saturated rings. The van der Waals surface area contributed by atoms with Gasteiger partial charge in [-0.15, -0.1) is 0 Å². The van der Waals surface area contributed by atoms with Crippen LogP contribution < -0.4 is 5.32 Å². The van der Waals surface area contributed by atoms with E-state index in [9.17, 15) is 0 Å². The first-order valence-electron chi connectivity index (χ1n) is 7.23. The Morgan fingerprint density at radius 1 is 1.33 bits per heavy atom. The molecule has 0 saturated carbocycles. The number of nitrogens with zero attached hydrogens (tertiary/aromatic N) is 1. The van der Waals surface area contributed by atoms with Crippen LogP contribution in [-0.4, -0.2) is 30.6 Å². The molecule has 2 heteroatoms. The fourth-order valence-electron chi connectivity index (χ4n) is 3.34. The maximum atomic E-state index is 3.52. The van der Waals surface area contributed by atoms with Crippen molar-refractivity contribution in [3.8, 4) is 0 Å². The molecule has 0 heterocycles. The number of hydrogen-bond acceptors (Lipinski definition) is 2. The predicted octanol–water partition coefficient (Wildman–Crippen LogP) is 2.99. The molecule has 2 nitrogen and oxygen atoms in total. The van der Waals surface area contributed by atoms with Crippen molar-refractivity contribution in [3.05, 3.63) is 35.4 Å². The summed E-state index contributed by atoms with van der Waals surface area (Å²) >= 11 is 0. The number of benzene rings is 1. The van der Waals surface area contributed by atoms with Crippen LogP contribution in [0.4, 0.5) is 0 Å². The highest BCUT2D eigenvalue weighted by atomic mass is 15.2. The van der Waals surface area contributed by atoms with Gasteiger partial charge in [0.05, 0.1) is 0 Å². The van der Waals surface area contributed by atoms with Gasteiger partial charge in [0, 0.05) is 18.1 Å². The molecule has 1 aromatic rings. The topological polar surface area (TPSA) is 15.3 Å². The summed E-state index contributed by atoms with van der Waals surface area (Å²) in [6, 6.07) is 10.6. The van der Waals surface area contributed by atoms with Gasteiger partial charge in [0.25, 0.3) is 0 Å². The van der Waals surface area contributed by atoms with Crippen molar-refractivity contribution in [2.75, 3.05) is 13.6 Å². The molecule has 0 radical (unpaired) electrons. The third-order valence-corrected chi connectivity index (χ3v) is 4.46. The molecular weight excluding hydrogens is 220 g/mol. The van der Waals surface area contributed by atoms with Crippen LogP contribution in [0.2, 0.25) is 0 Å². The fourth-order valence-corrected chi connectivity index (χ4v) is 3.34. The second kappa shape index (κ2) is 5.85. The van der Waals surface area contributed by atoms with Crippen molar-refractivity contribution < 1.29 is 0 Å². The van der Waals surface area contributed by atoms with Crippen LogP contribution in [0, 0.1) is 0 Å². The van der Waals surface area contributed by atoms with E-state index < -0.39 is 0 Å². The third kappa shape index (κ3) is 2.32. The van der Waals surface area contributed by atoms with Gasteiger partial charge in [0.2, 0.25) is 0 Å². The van der Waals surface area contributed by atoms with Gasteiger partial charge in [-0.25, -0.2) is 0 Å².